The summed E-state index contributed by atoms with van der Waals surface area (Å²) in [7, 11) is 0. The highest BCUT2D eigenvalue weighted by Crippen LogP contribution is 2.25. The van der Waals surface area contributed by atoms with Crippen LogP contribution < -0.4 is 0 Å². The van der Waals surface area contributed by atoms with Gasteiger partial charge in [0.1, 0.15) is 5.58 Å². The van der Waals surface area contributed by atoms with Gasteiger partial charge in [-0.3, -0.25) is 10.00 Å². The summed E-state index contributed by atoms with van der Waals surface area (Å²) in [6.07, 6.45) is 7.44. The Balaban J connectivity index is 1.26. The quantitative estimate of drug-likeness (QED) is 0.580. The average Bonchev–Trinajstić information content (AvgIpc) is 3.30. The maximum Gasteiger partial charge on any atom is 0.133 e. The van der Waals surface area contributed by atoms with E-state index in [1.165, 1.54) is 47.8 Å². The van der Waals surface area contributed by atoms with Gasteiger partial charge in [0.25, 0.3) is 0 Å². The number of hydrogen-bond acceptors (Lipinski definition) is 3. The molecule has 0 saturated carbocycles. The summed E-state index contributed by atoms with van der Waals surface area (Å²) in [5, 5.41) is 9.57. The third-order valence-electron chi connectivity index (χ3n) is 5.56. The van der Waals surface area contributed by atoms with Crippen molar-refractivity contribution in [2.75, 3.05) is 13.1 Å². The molecule has 2 aromatic carbocycles. The maximum atomic E-state index is 5.45. The zero-order valence-electron chi connectivity index (χ0n) is 14.8. The van der Waals surface area contributed by atoms with Crippen molar-refractivity contribution in [1.82, 2.24) is 15.1 Å². The van der Waals surface area contributed by atoms with E-state index in [-0.39, 0.29) is 0 Å². The molecule has 2 aromatic heterocycles. The number of nitrogens with zero attached hydrogens (tertiary/aromatic N) is 2. The van der Waals surface area contributed by atoms with Crippen LogP contribution in [0.5, 0.6) is 0 Å². The molecule has 1 N–H and O–H groups in total. The fourth-order valence-corrected chi connectivity index (χ4v) is 4.29. The molecule has 26 heavy (non-hydrogen) atoms. The predicted octanol–water partition coefficient (Wildman–Crippen LogP) is 4.76. The van der Waals surface area contributed by atoms with Crippen molar-refractivity contribution in [3.63, 3.8) is 0 Å². The number of furan rings is 1. The van der Waals surface area contributed by atoms with Crippen LogP contribution >= 0.6 is 0 Å². The number of hydrogen-bond donors (Lipinski definition) is 1. The van der Waals surface area contributed by atoms with E-state index in [4.69, 9.17) is 4.42 Å². The smallest absolute Gasteiger partial charge is 0.133 e. The number of benzene rings is 2. The van der Waals surface area contributed by atoms with Crippen LogP contribution in [-0.2, 0) is 13.0 Å². The lowest BCUT2D eigenvalue weighted by Gasteiger charge is -2.33. The minimum atomic E-state index is 0.728. The molecule has 0 radical (unpaired) electrons. The largest absolute Gasteiger partial charge is 0.464 e. The molecule has 1 fully saturated rings. The highest BCUT2D eigenvalue weighted by atomic mass is 16.3. The van der Waals surface area contributed by atoms with Crippen molar-refractivity contribution in [3.05, 3.63) is 66.1 Å². The van der Waals surface area contributed by atoms with Crippen molar-refractivity contribution < 1.29 is 4.42 Å². The van der Waals surface area contributed by atoms with Crippen LogP contribution in [0.25, 0.3) is 21.9 Å². The number of rotatable bonds is 4. The molecule has 4 aromatic rings. The van der Waals surface area contributed by atoms with E-state index in [1.807, 2.05) is 12.3 Å². The summed E-state index contributed by atoms with van der Waals surface area (Å²) in [6, 6.07) is 15.3. The Bertz CT molecular complexity index is 950. The fourth-order valence-electron chi connectivity index (χ4n) is 4.29. The van der Waals surface area contributed by atoms with Crippen molar-refractivity contribution in [2.24, 2.45) is 5.92 Å². The van der Waals surface area contributed by atoms with E-state index < -0.39 is 0 Å². The first kappa shape index (κ1) is 15.6. The van der Waals surface area contributed by atoms with Gasteiger partial charge >= 0.3 is 0 Å². The summed E-state index contributed by atoms with van der Waals surface area (Å²) in [5.74, 6) is 0.728. The van der Waals surface area contributed by atoms with Crippen LogP contribution in [0, 0.1) is 5.92 Å². The van der Waals surface area contributed by atoms with Gasteiger partial charge in [-0.2, -0.15) is 5.10 Å². The van der Waals surface area contributed by atoms with Crippen molar-refractivity contribution in [2.45, 2.75) is 25.8 Å². The van der Waals surface area contributed by atoms with E-state index in [0.29, 0.717) is 0 Å². The first-order valence-corrected chi connectivity index (χ1v) is 9.44. The predicted molar refractivity (Wildman–Crippen MR) is 104 cm³/mol. The molecule has 0 aliphatic carbocycles. The van der Waals surface area contributed by atoms with Gasteiger partial charge < -0.3 is 4.42 Å². The first-order chi connectivity index (χ1) is 12.8. The normalized spacial score (nSPS) is 18.7. The Labute approximate surface area is 152 Å². The minimum absolute atomic E-state index is 0.728. The summed E-state index contributed by atoms with van der Waals surface area (Å²) in [4.78, 5) is 2.60. The molecule has 1 saturated heterocycles. The molecule has 4 heteroatoms. The zero-order valence-corrected chi connectivity index (χ0v) is 14.8. The van der Waals surface area contributed by atoms with Crippen LogP contribution in [0.2, 0.25) is 0 Å². The average molecular weight is 345 g/mol. The molecule has 132 valence electrons. The molecule has 1 atom stereocenters. The lowest BCUT2D eigenvalue weighted by molar-refractivity contribution is 0.167. The number of likely N-dealkylation sites (tertiary alicyclic amines) is 1. The first-order valence-electron chi connectivity index (χ1n) is 9.44. The summed E-state index contributed by atoms with van der Waals surface area (Å²) in [5.41, 5.74) is 4.89. The van der Waals surface area contributed by atoms with Gasteiger partial charge in [0, 0.05) is 23.9 Å². The van der Waals surface area contributed by atoms with Crippen LogP contribution in [0.4, 0.5) is 0 Å². The van der Waals surface area contributed by atoms with Gasteiger partial charge in [0.05, 0.1) is 18.0 Å². The Hall–Kier alpha value is -2.59. The van der Waals surface area contributed by atoms with Gasteiger partial charge in [0.2, 0.25) is 0 Å². The van der Waals surface area contributed by atoms with Crippen molar-refractivity contribution in [3.8, 4) is 0 Å². The van der Waals surface area contributed by atoms with Crippen molar-refractivity contribution >= 4 is 21.9 Å². The molecule has 1 aliphatic heterocycles. The molecule has 4 nitrogen and oxygen atoms in total. The molecular formula is C22H23N3O. The monoisotopic (exact) mass is 345 g/mol. The standard InChI is InChI=1S/C22H23N3O/c1-2-17(10-16-3-5-21-20(11-16)13-23-24-21)14-25(8-1)15-18-4-6-22-19(12-18)7-9-26-22/h3-7,9,11-13,17H,1-2,8,10,14-15H2,(H,23,24). The second-order valence-electron chi connectivity index (χ2n) is 7.53. The van der Waals surface area contributed by atoms with Crippen LogP contribution in [-0.4, -0.2) is 28.2 Å². The van der Waals surface area contributed by atoms with Gasteiger partial charge in [-0.05, 0) is 73.2 Å². The Morgan fingerprint density at radius 2 is 2.00 bits per heavy atom. The third-order valence-corrected chi connectivity index (χ3v) is 5.56. The highest BCUT2D eigenvalue weighted by Gasteiger charge is 2.20. The molecule has 3 heterocycles. The molecule has 0 bridgehead atoms. The van der Waals surface area contributed by atoms with Gasteiger partial charge in [-0.25, -0.2) is 0 Å². The zero-order chi connectivity index (χ0) is 17.3. The van der Waals surface area contributed by atoms with E-state index in [9.17, 15) is 0 Å². The molecular weight excluding hydrogens is 322 g/mol. The van der Waals surface area contributed by atoms with Gasteiger partial charge in [-0.15, -0.1) is 0 Å². The lowest BCUT2D eigenvalue weighted by atomic mass is 9.90. The maximum absolute atomic E-state index is 5.45. The van der Waals surface area contributed by atoms with Crippen LogP contribution in [0.3, 0.4) is 0 Å². The fraction of sp³-hybridized carbons (Fsp3) is 0.318. The number of aromatic amines is 1. The second-order valence-corrected chi connectivity index (χ2v) is 7.53. The number of aromatic nitrogens is 2. The van der Waals surface area contributed by atoms with Gasteiger partial charge in [0.15, 0.2) is 0 Å². The number of fused-ring (bicyclic) bond motifs is 2. The topological polar surface area (TPSA) is 45.1 Å². The Morgan fingerprint density at radius 1 is 1.08 bits per heavy atom. The number of nitrogens with one attached hydrogen (secondary N) is 1. The Kier molecular flexibility index (Phi) is 3.98. The minimum Gasteiger partial charge on any atom is -0.464 e. The molecule has 1 unspecified atom stereocenters. The highest BCUT2D eigenvalue weighted by molar-refractivity contribution is 5.78. The van der Waals surface area contributed by atoms with Gasteiger partial charge in [-0.1, -0.05) is 12.1 Å². The summed E-state index contributed by atoms with van der Waals surface area (Å²) < 4.78 is 5.45. The molecule has 5 rings (SSSR count). The molecule has 1 aliphatic rings. The SMILES string of the molecule is c1cc2cc(CN3CCCC(Cc4ccc5[nH]ncc5c4)C3)ccc2o1. The van der Waals surface area contributed by atoms with E-state index in [1.54, 1.807) is 6.26 Å². The number of H-pyrrole nitrogens is 1. The van der Waals surface area contributed by atoms with E-state index in [2.05, 4.69) is 51.5 Å². The Morgan fingerprint density at radius 3 is 3.00 bits per heavy atom. The number of piperidine rings is 1. The lowest BCUT2D eigenvalue weighted by Crippen LogP contribution is -2.35. The second kappa shape index (κ2) is 6.61. The van der Waals surface area contributed by atoms with Crippen molar-refractivity contribution in [1.29, 1.82) is 0 Å². The molecule has 0 spiro atoms. The van der Waals surface area contributed by atoms with Crippen LogP contribution in [0.1, 0.15) is 24.0 Å². The summed E-state index contributed by atoms with van der Waals surface area (Å²) in [6.45, 7) is 3.39. The third kappa shape index (κ3) is 3.13. The van der Waals surface area contributed by atoms with Crippen LogP contribution in [0.15, 0.2) is 59.3 Å². The van der Waals surface area contributed by atoms with E-state index in [0.717, 1.165) is 30.0 Å². The van der Waals surface area contributed by atoms with E-state index >= 15 is 0 Å². The molecule has 0 amide bonds. The summed E-state index contributed by atoms with van der Waals surface area (Å²) >= 11 is 0.